The summed E-state index contributed by atoms with van der Waals surface area (Å²) in [5.74, 6) is 2.25. The first-order chi connectivity index (χ1) is 12.2. The van der Waals surface area contributed by atoms with Crippen LogP contribution in [0.3, 0.4) is 0 Å². The smallest absolute Gasteiger partial charge is 0.225 e. The Bertz CT molecular complexity index is 879. The molecule has 0 saturated carbocycles. The highest BCUT2D eigenvalue weighted by Crippen LogP contribution is 2.18. The Balaban J connectivity index is 1.44. The van der Waals surface area contributed by atoms with E-state index in [0.717, 1.165) is 43.7 Å². The van der Waals surface area contributed by atoms with Crippen molar-refractivity contribution in [3.05, 3.63) is 41.6 Å². The quantitative estimate of drug-likeness (QED) is 0.659. The molecule has 0 aliphatic carbocycles. The number of furan rings is 1. The predicted molar refractivity (Wildman–Crippen MR) is 95.6 cm³/mol. The van der Waals surface area contributed by atoms with Crippen LogP contribution in [0.15, 0.2) is 41.3 Å². The molecule has 0 aromatic carbocycles. The maximum absolute atomic E-state index is 5.52. The van der Waals surface area contributed by atoms with Crippen LogP contribution in [0.4, 0.5) is 5.95 Å². The summed E-state index contributed by atoms with van der Waals surface area (Å²) in [4.78, 5) is 13.2. The Kier molecular flexibility index (Phi) is 4.33. The molecule has 0 N–H and O–H groups in total. The lowest BCUT2D eigenvalue weighted by Crippen LogP contribution is -2.47. The van der Waals surface area contributed by atoms with E-state index in [-0.39, 0.29) is 0 Å². The van der Waals surface area contributed by atoms with Gasteiger partial charge in [0, 0.05) is 45.6 Å². The number of hydrogen-bond donors (Lipinski definition) is 0. The summed E-state index contributed by atoms with van der Waals surface area (Å²) in [5.41, 5.74) is 0. The van der Waals surface area contributed by atoms with Gasteiger partial charge in [0.05, 0.1) is 12.9 Å². The number of hydrogen-bond acceptors (Lipinski definition) is 7. The summed E-state index contributed by atoms with van der Waals surface area (Å²) in [7, 11) is 1.91. The minimum Gasteiger partial charge on any atom is -0.461 e. The minimum absolute atomic E-state index is 0.664. The van der Waals surface area contributed by atoms with Crippen molar-refractivity contribution in [3.8, 4) is 11.6 Å². The molecule has 0 unspecified atom stereocenters. The average Bonchev–Trinajstić information content (AvgIpc) is 3.27. The van der Waals surface area contributed by atoms with Crippen LogP contribution in [0, 0.1) is 4.77 Å². The molecule has 0 amide bonds. The minimum atomic E-state index is 0.664. The molecule has 1 aliphatic heterocycles. The van der Waals surface area contributed by atoms with Crippen LogP contribution in [0.2, 0.25) is 0 Å². The third-order valence-electron chi connectivity index (χ3n) is 4.32. The van der Waals surface area contributed by atoms with Crippen molar-refractivity contribution in [2.24, 2.45) is 7.05 Å². The maximum Gasteiger partial charge on any atom is 0.225 e. The number of aromatic nitrogens is 5. The SMILES string of the molecule is Cn1c(-c2ccco2)nn(CN2CCN(c3ncccn3)CC2)c1=S. The number of piperazine rings is 1. The van der Waals surface area contributed by atoms with Gasteiger partial charge in [0.15, 0.2) is 16.4 Å². The van der Waals surface area contributed by atoms with Gasteiger partial charge in [0.25, 0.3) is 0 Å². The van der Waals surface area contributed by atoms with E-state index in [0.29, 0.717) is 11.4 Å². The summed E-state index contributed by atoms with van der Waals surface area (Å²) in [6.45, 7) is 4.25. The van der Waals surface area contributed by atoms with Crippen molar-refractivity contribution in [2.45, 2.75) is 6.67 Å². The molecule has 0 atom stereocenters. The molecule has 130 valence electrons. The Morgan fingerprint density at radius 1 is 1.12 bits per heavy atom. The van der Waals surface area contributed by atoms with Crippen LogP contribution in [0.5, 0.6) is 0 Å². The molecule has 3 aromatic rings. The largest absolute Gasteiger partial charge is 0.461 e. The van der Waals surface area contributed by atoms with Crippen molar-refractivity contribution in [2.75, 3.05) is 31.1 Å². The molecule has 1 aliphatic rings. The Hall–Kier alpha value is -2.52. The summed E-state index contributed by atoms with van der Waals surface area (Å²) < 4.78 is 9.85. The van der Waals surface area contributed by atoms with Crippen LogP contribution in [-0.4, -0.2) is 55.4 Å². The maximum atomic E-state index is 5.52. The van der Waals surface area contributed by atoms with Gasteiger partial charge >= 0.3 is 0 Å². The lowest BCUT2D eigenvalue weighted by atomic mass is 10.3. The second-order valence-electron chi connectivity index (χ2n) is 5.94. The molecule has 4 rings (SSSR count). The zero-order valence-electron chi connectivity index (χ0n) is 13.9. The first kappa shape index (κ1) is 16.0. The highest BCUT2D eigenvalue weighted by molar-refractivity contribution is 7.71. The average molecular weight is 357 g/mol. The standard InChI is InChI=1S/C16H19N7OS/c1-20-14(13-4-2-11-24-13)19-23(16(20)25)12-21-7-9-22(10-8-21)15-17-5-3-6-18-15/h2-6,11H,7-10,12H2,1H3. The van der Waals surface area contributed by atoms with E-state index >= 15 is 0 Å². The van der Waals surface area contributed by atoms with E-state index in [1.54, 1.807) is 18.7 Å². The monoisotopic (exact) mass is 357 g/mol. The van der Waals surface area contributed by atoms with Crippen LogP contribution in [0.25, 0.3) is 11.6 Å². The fourth-order valence-corrected chi connectivity index (χ4v) is 3.12. The molecular formula is C16H19N7OS. The van der Waals surface area contributed by atoms with Gasteiger partial charge in [-0.15, -0.1) is 5.10 Å². The zero-order valence-corrected chi connectivity index (χ0v) is 14.8. The number of nitrogens with zero attached hydrogens (tertiary/aromatic N) is 7. The van der Waals surface area contributed by atoms with Crippen molar-refractivity contribution in [3.63, 3.8) is 0 Å². The van der Waals surface area contributed by atoms with Gasteiger partial charge in [-0.25, -0.2) is 14.6 Å². The summed E-state index contributed by atoms with van der Waals surface area (Å²) in [6.07, 6.45) is 5.19. The van der Waals surface area contributed by atoms with Crippen molar-refractivity contribution in [1.29, 1.82) is 0 Å². The fourth-order valence-electron chi connectivity index (χ4n) is 2.93. The molecular weight excluding hydrogens is 338 g/mol. The lowest BCUT2D eigenvalue weighted by Gasteiger charge is -2.34. The molecule has 0 bridgehead atoms. The van der Waals surface area contributed by atoms with Crippen LogP contribution in [0.1, 0.15) is 0 Å². The normalized spacial score (nSPS) is 15.6. The molecule has 1 fully saturated rings. The van der Waals surface area contributed by atoms with E-state index in [4.69, 9.17) is 16.6 Å². The third-order valence-corrected chi connectivity index (χ3v) is 4.81. The van der Waals surface area contributed by atoms with E-state index in [1.165, 1.54) is 0 Å². The first-order valence-corrected chi connectivity index (χ1v) is 8.55. The van der Waals surface area contributed by atoms with Crippen molar-refractivity contribution < 1.29 is 4.42 Å². The molecule has 9 heteroatoms. The molecule has 8 nitrogen and oxygen atoms in total. The third kappa shape index (κ3) is 3.20. The molecule has 0 spiro atoms. The Morgan fingerprint density at radius 3 is 2.56 bits per heavy atom. The van der Waals surface area contributed by atoms with Gasteiger partial charge in [0.1, 0.15) is 0 Å². The van der Waals surface area contributed by atoms with Crippen LogP contribution >= 0.6 is 12.2 Å². The van der Waals surface area contributed by atoms with Gasteiger partial charge < -0.3 is 13.9 Å². The Labute approximate surface area is 150 Å². The zero-order chi connectivity index (χ0) is 17.2. The van der Waals surface area contributed by atoms with E-state index in [1.807, 2.05) is 34.5 Å². The first-order valence-electron chi connectivity index (χ1n) is 8.14. The second-order valence-corrected chi connectivity index (χ2v) is 6.30. The summed E-state index contributed by atoms with van der Waals surface area (Å²) >= 11 is 5.52. The van der Waals surface area contributed by atoms with Gasteiger partial charge in [-0.1, -0.05) is 0 Å². The highest BCUT2D eigenvalue weighted by Gasteiger charge is 2.20. The van der Waals surface area contributed by atoms with Crippen molar-refractivity contribution >= 4 is 18.2 Å². The van der Waals surface area contributed by atoms with Crippen molar-refractivity contribution in [1.82, 2.24) is 29.2 Å². The van der Waals surface area contributed by atoms with Gasteiger partial charge in [0.2, 0.25) is 5.95 Å². The predicted octanol–water partition coefficient (Wildman–Crippen LogP) is 1.78. The fraction of sp³-hybridized carbons (Fsp3) is 0.375. The van der Waals surface area contributed by atoms with Gasteiger partial charge in [-0.2, -0.15) is 0 Å². The second kappa shape index (κ2) is 6.77. The molecule has 0 radical (unpaired) electrons. The van der Waals surface area contributed by atoms with E-state index in [2.05, 4.69) is 24.9 Å². The molecule has 25 heavy (non-hydrogen) atoms. The Morgan fingerprint density at radius 2 is 1.88 bits per heavy atom. The molecule has 4 heterocycles. The topological polar surface area (TPSA) is 68.2 Å². The van der Waals surface area contributed by atoms with Gasteiger partial charge in [-0.3, -0.25) is 4.90 Å². The summed E-state index contributed by atoms with van der Waals surface area (Å²) in [5, 5.41) is 4.62. The van der Waals surface area contributed by atoms with Gasteiger partial charge in [-0.05, 0) is 30.4 Å². The molecule has 3 aromatic heterocycles. The number of anilines is 1. The van der Waals surface area contributed by atoms with Crippen LogP contribution < -0.4 is 4.90 Å². The number of rotatable bonds is 4. The summed E-state index contributed by atoms with van der Waals surface area (Å²) in [6, 6.07) is 5.57. The van der Waals surface area contributed by atoms with E-state index in [9.17, 15) is 0 Å². The van der Waals surface area contributed by atoms with Crippen LogP contribution in [-0.2, 0) is 13.7 Å². The highest BCUT2D eigenvalue weighted by atomic mass is 32.1. The van der Waals surface area contributed by atoms with E-state index < -0.39 is 0 Å². The molecule has 1 saturated heterocycles. The lowest BCUT2D eigenvalue weighted by molar-refractivity contribution is 0.193.